The topological polar surface area (TPSA) is 99.5 Å². The number of thiocarbonyl (C=S) groups is 1. The number of aromatic hydroxyl groups is 1. The molecule has 1 heterocycles. The normalized spacial score (nSPS) is 11.1. The fourth-order valence-electron chi connectivity index (χ4n) is 2.98. The van der Waals surface area contributed by atoms with Crippen LogP contribution in [0.2, 0.25) is 0 Å². The molecular weight excluding hydrogens is 400 g/mol. The summed E-state index contributed by atoms with van der Waals surface area (Å²) in [5.74, 6) is -0.509. The molecule has 2 aromatic carbocycles. The van der Waals surface area contributed by atoms with E-state index in [0.717, 1.165) is 38.7 Å². The predicted molar refractivity (Wildman–Crippen MR) is 124 cm³/mol. The summed E-state index contributed by atoms with van der Waals surface area (Å²) in [6.07, 6.45) is 1.14. The molecule has 0 saturated heterocycles. The lowest BCUT2D eigenvalue weighted by Crippen LogP contribution is -2.31. The SMILES string of the molecule is Cc1ccc(NC(=S)N=Cc2c(O)n(-c3ccc(C)c(C)c3)c(=O)[nH]c2=O)c(C)c1. The molecule has 0 aliphatic carbocycles. The Hall–Kier alpha value is -3.52. The summed E-state index contributed by atoms with van der Waals surface area (Å²) in [6.45, 7) is 7.77. The van der Waals surface area contributed by atoms with E-state index in [1.807, 2.05) is 52.0 Å². The third-order valence-corrected chi connectivity index (χ3v) is 5.01. The van der Waals surface area contributed by atoms with Gasteiger partial charge in [0.15, 0.2) is 5.11 Å². The second-order valence-corrected chi connectivity index (χ2v) is 7.49. The number of aryl methyl sites for hydroxylation is 4. The molecule has 0 radical (unpaired) electrons. The van der Waals surface area contributed by atoms with Gasteiger partial charge in [-0.1, -0.05) is 23.8 Å². The molecule has 0 amide bonds. The Bertz CT molecular complexity index is 1290. The number of nitrogens with one attached hydrogen (secondary N) is 2. The molecule has 0 spiro atoms. The van der Waals surface area contributed by atoms with Crippen molar-refractivity contribution in [2.75, 3.05) is 5.32 Å². The highest BCUT2D eigenvalue weighted by Gasteiger charge is 2.15. The standard InChI is InChI=1S/C22H22N4O3S/c1-12-5-8-18(15(4)9-12)24-21(30)23-11-17-19(27)25-22(29)26(20(17)28)16-7-6-13(2)14(3)10-16/h5-11,28H,1-4H3,(H,24,30)(H,25,27,29). The number of nitrogens with zero attached hydrogens (tertiary/aromatic N) is 2. The van der Waals surface area contributed by atoms with Crippen LogP contribution in [0.1, 0.15) is 27.8 Å². The largest absolute Gasteiger partial charge is 0.493 e. The minimum Gasteiger partial charge on any atom is -0.493 e. The summed E-state index contributed by atoms with van der Waals surface area (Å²) in [5, 5.41) is 13.7. The summed E-state index contributed by atoms with van der Waals surface area (Å²) in [4.78, 5) is 30.8. The molecule has 0 unspecified atom stereocenters. The summed E-state index contributed by atoms with van der Waals surface area (Å²) in [5.41, 5.74) is 3.67. The number of aromatic nitrogens is 2. The van der Waals surface area contributed by atoms with E-state index >= 15 is 0 Å². The van der Waals surface area contributed by atoms with E-state index in [2.05, 4.69) is 15.3 Å². The van der Waals surface area contributed by atoms with Crippen LogP contribution < -0.4 is 16.6 Å². The molecule has 30 heavy (non-hydrogen) atoms. The van der Waals surface area contributed by atoms with Gasteiger partial charge in [-0.05, 0) is 74.8 Å². The maximum Gasteiger partial charge on any atom is 0.335 e. The minimum absolute atomic E-state index is 0.115. The summed E-state index contributed by atoms with van der Waals surface area (Å²) >= 11 is 5.23. The van der Waals surface area contributed by atoms with Gasteiger partial charge < -0.3 is 10.4 Å². The monoisotopic (exact) mass is 422 g/mol. The van der Waals surface area contributed by atoms with Crippen molar-refractivity contribution in [3.63, 3.8) is 0 Å². The zero-order valence-corrected chi connectivity index (χ0v) is 17.9. The number of rotatable bonds is 3. The Morgan fingerprint density at radius 3 is 2.47 bits per heavy atom. The van der Waals surface area contributed by atoms with Crippen molar-refractivity contribution >= 4 is 29.2 Å². The van der Waals surface area contributed by atoms with Gasteiger partial charge in [0.05, 0.1) is 5.69 Å². The fourth-order valence-corrected chi connectivity index (χ4v) is 3.15. The smallest absolute Gasteiger partial charge is 0.335 e. The van der Waals surface area contributed by atoms with Crippen molar-refractivity contribution in [1.29, 1.82) is 0 Å². The van der Waals surface area contributed by atoms with Crippen LogP contribution in [0.25, 0.3) is 5.69 Å². The Morgan fingerprint density at radius 1 is 1.07 bits per heavy atom. The summed E-state index contributed by atoms with van der Waals surface area (Å²) < 4.78 is 1.02. The average molecular weight is 423 g/mol. The lowest BCUT2D eigenvalue weighted by atomic mass is 10.1. The molecule has 154 valence electrons. The molecule has 0 aliphatic rings. The van der Waals surface area contributed by atoms with Crippen LogP contribution in [0.15, 0.2) is 51.0 Å². The van der Waals surface area contributed by atoms with Gasteiger partial charge in [-0.15, -0.1) is 0 Å². The molecule has 1 aromatic heterocycles. The molecule has 7 nitrogen and oxygen atoms in total. The van der Waals surface area contributed by atoms with E-state index in [1.165, 1.54) is 0 Å². The molecule has 0 atom stereocenters. The van der Waals surface area contributed by atoms with Crippen LogP contribution in [0.3, 0.4) is 0 Å². The molecule has 0 bridgehead atoms. The van der Waals surface area contributed by atoms with Crippen molar-refractivity contribution in [3.8, 4) is 11.6 Å². The molecule has 0 fully saturated rings. The van der Waals surface area contributed by atoms with Crippen molar-refractivity contribution in [2.45, 2.75) is 27.7 Å². The number of hydrogen-bond donors (Lipinski definition) is 3. The molecule has 8 heteroatoms. The van der Waals surface area contributed by atoms with Gasteiger partial charge in [-0.3, -0.25) is 9.78 Å². The van der Waals surface area contributed by atoms with Crippen LogP contribution >= 0.6 is 12.2 Å². The number of hydrogen-bond acceptors (Lipinski definition) is 4. The fraction of sp³-hybridized carbons (Fsp3) is 0.182. The predicted octanol–water partition coefficient (Wildman–Crippen LogP) is 3.28. The van der Waals surface area contributed by atoms with Gasteiger partial charge in [0, 0.05) is 11.9 Å². The van der Waals surface area contributed by atoms with Gasteiger partial charge in [0.2, 0.25) is 5.88 Å². The van der Waals surface area contributed by atoms with Gasteiger partial charge in [-0.2, -0.15) is 0 Å². The first-order valence-electron chi connectivity index (χ1n) is 9.25. The third kappa shape index (κ3) is 4.38. The lowest BCUT2D eigenvalue weighted by molar-refractivity contribution is 0.430. The van der Waals surface area contributed by atoms with E-state index in [4.69, 9.17) is 12.2 Å². The Morgan fingerprint density at radius 2 is 1.80 bits per heavy atom. The van der Waals surface area contributed by atoms with E-state index in [-0.39, 0.29) is 10.7 Å². The van der Waals surface area contributed by atoms with Crippen LogP contribution in [0, 0.1) is 27.7 Å². The second kappa shape index (κ2) is 8.46. The zero-order chi connectivity index (χ0) is 22.0. The third-order valence-electron chi connectivity index (χ3n) is 4.80. The first-order chi connectivity index (χ1) is 14.2. The van der Waals surface area contributed by atoms with Gasteiger partial charge >= 0.3 is 5.69 Å². The van der Waals surface area contributed by atoms with Gasteiger partial charge in [-0.25, -0.2) is 14.4 Å². The van der Waals surface area contributed by atoms with E-state index < -0.39 is 17.1 Å². The molecule has 0 saturated carbocycles. The molecular formula is C22H22N4O3S. The first kappa shape index (κ1) is 21.2. The highest BCUT2D eigenvalue weighted by molar-refractivity contribution is 7.80. The van der Waals surface area contributed by atoms with Crippen LogP contribution in [0.4, 0.5) is 5.69 Å². The first-order valence-corrected chi connectivity index (χ1v) is 9.66. The lowest BCUT2D eigenvalue weighted by Gasteiger charge is -2.11. The Labute approximate surface area is 178 Å². The number of aliphatic imine (C=N–C) groups is 1. The van der Waals surface area contributed by atoms with Crippen molar-refractivity contribution in [1.82, 2.24) is 9.55 Å². The molecule has 3 rings (SSSR count). The Balaban J connectivity index is 1.96. The van der Waals surface area contributed by atoms with E-state index in [9.17, 15) is 14.7 Å². The highest BCUT2D eigenvalue weighted by atomic mass is 32.1. The number of anilines is 1. The van der Waals surface area contributed by atoms with E-state index in [0.29, 0.717) is 5.69 Å². The van der Waals surface area contributed by atoms with E-state index in [1.54, 1.807) is 12.1 Å². The van der Waals surface area contributed by atoms with Gasteiger partial charge in [0.1, 0.15) is 5.56 Å². The van der Waals surface area contributed by atoms with Crippen LogP contribution in [0.5, 0.6) is 5.88 Å². The van der Waals surface area contributed by atoms with Crippen LogP contribution in [-0.4, -0.2) is 26.0 Å². The van der Waals surface area contributed by atoms with Crippen molar-refractivity contribution in [2.24, 2.45) is 4.99 Å². The molecule has 3 N–H and O–H groups in total. The van der Waals surface area contributed by atoms with Gasteiger partial charge in [0.25, 0.3) is 5.56 Å². The quantitative estimate of drug-likeness (QED) is 0.444. The number of aromatic amines is 1. The van der Waals surface area contributed by atoms with Crippen molar-refractivity contribution in [3.05, 3.63) is 85.1 Å². The zero-order valence-electron chi connectivity index (χ0n) is 17.1. The molecule has 3 aromatic rings. The average Bonchev–Trinajstić information content (AvgIpc) is 2.66. The summed E-state index contributed by atoms with van der Waals surface area (Å²) in [6, 6.07) is 11.1. The van der Waals surface area contributed by atoms with Crippen molar-refractivity contribution < 1.29 is 5.11 Å². The summed E-state index contributed by atoms with van der Waals surface area (Å²) in [7, 11) is 0. The van der Waals surface area contributed by atoms with Crippen LogP contribution in [-0.2, 0) is 0 Å². The second-order valence-electron chi connectivity index (χ2n) is 7.11. The maximum absolute atomic E-state index is 12.3. The number of benzene rings is 2. The number of H-pyrrole nitrogens is 1. The Kier molecular flexibility index (Phi) is 5.98. The maximum atomic E-state index is 12.3. The minimum atomic E-state index is -0.754. The molecule has 0 aliphatic heterocycles. The highest BCUT2D eigenvalue weighted by Crippen LogP contribution is 2.19.